The Bertz CT molecular complexity index is 1030. The zero-order valence-corrected chi connectivity index (χ0v) is 17.6. The van der Waals surface area contributed by atoms with Crippen LogP contribution in [0.1, 0.15) is 40.3 Å². The van der Waals surface area contributed by atoms with Crippen LogP contribution in [-0.2, 0) is 0 Å². The maximum Gasteiger partial charge on any atom is 0.170 e. The van der Waals surface area contributed by atoms with E-state index in [0.717, 1.165) is 34.0 Å². The fourth-order valence-corrected chi connectivity index (χ4v) is 4.55. The van der Waals surface area contributed by atoms with E-state index < -0.39 is 0 Å². The number of nitrogens with zero attached hydrogens (tertiary/aromatic N) is 4. The molecular formula is C22H25N5OS. The van der Waals surface area contributed by atoms with E-state index in [0.29, 0.717) is 11.7 Å². The van der Waals surface area contributed by atoms with E-state index in [4.69, 9.17) is 12.2 Å². The molecule has 1 aliphatic heterocycles. The molecule has 1 fully saturated rings. The van der Waals surface area contributed by atoms with Crippen molar-refractivity contribution in [2.45, 2.75) is 32.9 Å². The summed E-state index contributed by atoms with van der Waals surface area (Å²) in [6, 6.07) is 12.0. The van der Waals surface area contributed by atoms with Crippen LogP contribution in [0, 0.1) is 20.8 Å². The molecule has 2 N–H and O–H groups in total. The second-order valence-corrected chi connectivity index (χ2v) is 7.74. The van der Waals surface area contributed by atoms with E-state index in [-0.39, 0.29) is 18.7 Å². The highest BCUT2D eigenvalue weighted by Crippen LogP contribution is 2.41. The van der Waals surface area contributed by atoms with E-state index in [1.165, 1.54) is 0 Å². The summed E-state index contributed by atoms with van der Waals surface area (Å²) in [5, 5.41) is 13.7. The number of β-amino-alcohol motifs (C(OH)–C–C–N with tert-alkyl or cyclic N) is 1. The predicted octanol–water partition coefficient (Wildman–Crippen LogP) is 3.16. The highest BCUT2D eigenvalue weighted by atomic mass is 32.1. The Labute approximate surface area is 176 Å². The molecule has 2 unspecified atom stereocenters. The predicted molar refractivity (Wildman–Crippen MR) is 117 cm³/mol. The first-order valence-electron chi connectivity index (χ1n) is 9.72. The highest BCUT2D eigenvalue weighted by Gasteiger charge is 2.41. The van der Waals surface area contributed by atoms with Crippen LogP contribution in [0.5, 0.6) is 0 Å². The number of aryl methyl sites for hydroxylation is 2. The third-order valence-electron chi connectivity index (χ3n) is 5.52. The molecule has 0 aromatic carbocycles. The van der Waals surface area contributed by atoms with Crippen molar-refractivity contribution in [2.75, 3.05) is 13.2 Å². The lowest BCUT2D eigenvalue weighted by Gasteiger charge is -2.27. The molecule has 0 bridgehead atoms. The molecule has 4 heterocycles. The van der Waals surface area contributed by atoms with Crippen LogP contribution in [0.4, 0.5) is 0 Å². The molecule has 2 atom stereocenters. The lowest BCUT2D eigenvalue weighted by Crippen LogP contribution is -2.32. The minimum absolute atomic E-state index is 0.0331. The number of pyridine rings is 2. The van der Waals surface area contributed by atoms with Crippen molar-refractivity contribution in [1.29, 1.82) is 0 Å². The van der Waals surface area contributed by atoms with Gasteiger partial charge in [-0.2, -0.15) is 0 Å². The van der Waals surface area contributed by atoms with Crippen molar-refractivity contribution in [3.8, 4) is 5.82 Å². The van der Waals surface area contributed by atoms with E-state index in [1.54, 1.807) is 6.20 Å². The fourth-order valence-electron chi connectivity index (χ4n) is 4.22. The Hall–Kier alpha value is -2.77. The SMILES string of the molecule is Cc1cccnc1-n1c(C)cc(C2C(c3ccccn3)NC(=S)N2CCO)c1C. The lowest BCUT2D eigenvalue weighted by molar-refractivity contribution is 0.223. The standard InChI is InChI=1S/C22H25N5OS/c1-14-7-6-10-24-21(14)27-15(2)13-17(16(27)3)20-19(18-8-4-5-9-23-18)25-22(29)26(20)11-12-28/h4-10,13,19-20,28H,11-12H2,1-3H3,(H,25,29). The van der Waals surface area contributed by atoms with Gasteiger partial charge in [-0.15, -0.1) is 0 Å². The molecule has 6 nitrogen and oxygen atoms in total. The Morgan fingerprint density at radius 1 is 1.10 bits per heavy atom. The van der Waals surface area contributed by atoms with Crippen LogP contribution < -0.4 is 5.32 Å². The molecule has 0 radical (unpaired) electrons. The normalized spacial score (nSPS) is 18.9. The van der Waals surface area contributed by atoms with Crippen LogP contribution in [0.25, 0.3) is 5.82 Å². The van der Waals surface area contributed by atoms with Crippen molar-refractivity contribution in [2.24, 2.45) is 0 Å². The van der Waals surface area contributed by atoms with Crippen molar-refractivity contribution >= 4 is 17.3 Å². The van der Waals surface area contributed by atoms with Gasteiger partial charge in [0, 0.05) is 30.3 Å². The molecule has 29 heavy (non-hydrogen) atoms. The Morgan fingerprint density at radius 3 is 2.59 bits per heavy atom. The van der Waals surface area contributed by atoms with Gasteiger partial charge < -0.3 is 19.9 Å². The van der Waals surface area contributed by atoms with Gasteiger partial charge >= 0.3 is 0 Å². The summed E-state index contributed by atoms with van der Waals surface area (Å²) in [6.07, 6.45) is 3.62. The average molecular weight is 408 g/mol. The topological polar surface area (TPSA) is 66.2 Å². The first-order valence-corrected chi connectivity index (χ1v) is 10.1. The number of thiocarbonyl (C=S) groups is 1. The molecule has 0 spiro atoms. The highest BCUT2D eigenvalue weighted by molar-refractivity contribution is 7.80. The molecule has 3 aromatic heterocycles. The zero-order valence-electron chi connectivity index (χ0n) is 16.8. The van der Waals surface area contributed by atoms with Gasteiger partial charge in [0.15, 0.2) is 5.11 Å². The van der Waals surface area contributed by atoms with Gasteiger partial charge in [-0.05, 0) is 68.4 Å². The summed E-state index contributed by atoms with van der Waals surface area (Å²) < 4.78 is 2.19. The van der Waals surface area contributed by atoms with Crippen molar-refractivity contribution in [3.05, 3.63) is 77.0 Å². The molecule has 0 saturated carbocycles. The molecule has 1 saturated heterocycles. The van der Waals surface area contributed by atoms with E-state index in [2.05, 4.69) is 57.7 Å². The van der Waals surface area contributed by atoms with Crippen LogP contribution in [0.2, 0.25) is 0 Å². The zero-order chi connectivity index (χ0) is 20.5. The van der Waals surface area contributed by atoms with Gasteiger partial charge in [-0.1, -0.05) is 12.1 Å². The molecule has 0 aliphatic carbocycles. The number of hydrogen-bond donors (Lipinski definition) is 2. The summed E-state index contributed by atoms with van der Waals surface area (Å²) >= 11 is 5.61. The lowest BCUT2D eigenvalue weighted by atomic mass is 9.97. The number of rotatable bonds is 5. The van der Waals surface area contributed by atoms with Crippen LogP contribution in [-0.4, -0.2) is 42.8 Å². The van der Waals surface area contributed by atoms with Crippen molar-refractivity contribution in [1.82, 2.24) is 24.8 Å². The maximum atomic E-state index is 9.65. The van der Waals surface area contributed by atoms with Crippen LogP contribution in [0.15, 0.2) is 48.8 Å². The fraction of sp³-hybridized carbons (Fsp3) is 0.318. The van der Waals surface area contributed by atoms with Gasteiger partial charge in [0.2, 0.25) is 0 Å². The van der Waals surface area contributed by atoms with Gasteiger partial charge in [-0.3, -0.25) is 4.98 Å². The van der Waals surface area contributed by atoms with E-state index >= 15 is 0 Å². The third-order valence-corrected chi connectivity index (χ3v) is 5.87. The molecule has 3 aromatic rings. The summed E-state index contributed by atoms with van der Waals surface area (Å²) in [4.78, 5) is 11.2. The summed E-state index contributed by atoms with van der Waals surface area (Å²) in [5.74, 6) is 0.936. The average Bonchev–Trinajstić information content (AvgIpc) is 3.19. The molecule has 1 aliphatic rings. The van der Waals surface area contributed by atoms with Crippen molar-refractivity contribution in [3.63, 3.8) is 0 Å². The van der Waals surface area contributed by atoms with Crippen LogP contribution >= 0.6 is 12.2 Å². The Balaban J connectivity index is 1.85. The third kappa shape index (κ3) is 3.41. The van der Waals surface area contributed by atoms with Crippen LogP contribution in [0.3, 0.4) is 0 Å². The Kier molecular flexibility index (Phi) is 5.34. The molecule has 0 amide bonds. The van der Waals surface area contributed by atoms with Crippen molar-refractivity contribution < 1.29 is 5.11 Å². The first-order chi connectivity index (χ1) is 14.0. The van der Waals surface area contributed by atoms with Gasteiger partial charge in [0.05, 0.1) is 24.4 Å². The van der Waals surface area contributed by atoms with E-state index in [9.17, 15) is 5.11 Å². The maximum absolute atomic E-state index is 9.65. The number of hydrogen-bond acceptors (Lipinski definition) is 4. The Morgan fingerprint density at radius 2 is 1.90 bits per heavy atom. The number of nitrogens with one attached hydrogen (secondary N) is 1. The smallest absolute Gasteiger partial charge is 0.170 e. The first kappa shape index (κ1) is 19.5. The number of aromatic nitrogens is 3. The second-order valence-electron chi connectivity index (χ2n) is 7.35. The summed E-state index contributed by atoms with van der Waals surface area (Å²) in [5.41, 5.74) is 5.43. The minimum Gasteiger partial charge on any atom is -0.395 e. The molecule has 150 valence electrons. The number of aliphatic hydroxyl groups excluding tert-OH is 1. The quantitative estimate of drug-likeness (QED) is 0.634. The van der Waals surface area contributed by atoms with Gasteiger partial charge in [0.1, 0.15) is 5.82 Å². The minimum atomic E-state index is -0.0889. The summed E-state index contributed by atoms with van der Waals surface area (Å²) in [7, 11) is 0. The van der Waals surface area contributed by atoms with Gasteiger partial charge in [0.25, 0.3) is 0 Å². The second kappa shape index (κ2) is 7.93. The monoisotopic (exact) mass is 407 g/mol. The summed E-state index contributed by atoms with van der Waals surface area (Å²) in [6.45, 7) is 6.78. The molecule has 4 rings (SSSR count). The largest absolute Gasteiger partial charge is 0.395 e. The molecular weight excluding hydrogens is 382 g/mol. The molecule has 7 heteroatoms. The van der Waals surface area contributed by atoms with E-state index in [1.807, 2.05) is 30.5 Å². The number of aliphatic hydroxyl groups is 1. The van der Waals surface area contributed by atoms with Gasteiger partial charge in [-0.25, -0.2) is 4.98 Å².